The summed E-state index contributed by atoms with van der Waals surface area (Å²) < 4.78 is 13.0. The highest BCUT2D eigenvalue weighted by molar-refractivity contribution is 6.05. The maximum atomic E-state index is 13.0. The van der Waals surface area contributed by atoms with Crippen LogP contribution < -0.4 is 0 Å². The van der Waals surface area contributed by atoms with Gasteiger partial charge in [-0.3, -0.25) is 9.59 Å². The number of H-pyrrole nitrogens is 1. The number of aromatic nitrogens is 2. The van der Waals surface area contributed by atoms with E-state index >= 15 is 0 Å². The minimum absolute atomic E-state index is 0.269. The SMILES string of the molecule is CC(=O)C(C(C)=O)c1nc2ccc(F)cc2[nH]1. The first-order valence-corrected chi connectivity index (χ1v) is 5.15. The number of benzene rings is 1. The largest absolute Gasteiger partial charge is 0.341 e. The monoisotopic (exact) mass is 234 g/mol. The maximum absolute atomic E-state index is 13.0. The average Bonchev–Trinajstić information content (AvgIpc) is 2.58. The lowest BCUT2D eigenvalue weighted by atomic mass is 10.0. The number of ketones is 2. The molecular weight excluding hydrogens is 223 g/mol. The van der Waals surface area contributed by atoms with Crippen molar-refractivity contribution < 1.29 is 14.0 Å². The van der Waals surface area contributed by atoms with E-state index in [4.69, 9.17) is 0 Å². The number of nitrogens with one attached hydrogen (secondary N) is 1. The molecule has 0 amide bonds. The fraction of sp³-hybridized carbons (Fsp3) is 0.250. The average molecular weight is 234 g/mol. The van der Waals surface area contributed by atoms with Gasteiger partial charge in [-0.1, -0.05) is 0 Å². The third kappa shape index (κ3) is 2.08. The van der Waals surface area contributed by atoms with E-state index in [1.54, 1.807) is 0 Å². The molecule has 0 saturated heterocycles. The van der Waals surface area contributed by atoms with Crippen LogP contribution in [-0.2, 0) is 9.59 Å². The zero-order valence-electron chi connectivity index (χ0n) is 9.45. The number of carbonyl (C=O) groups excluding carboxylic acids is 2. The zero-order valence-corrected chi connectivity index (χ0v) is 9.45. The predicted octanol–water partition coefficient (Wildman–Crippen LogP) is 1.96. The van der Waals surface area contributed by atoms with E-state index < -0.39 is 11.7 Å². The van der Waals surface area contributed by atoms with Crippen molar-refractivity contribution in [3.63, 3.8) is 0 Å². The smallest absolute Gasteiger partial charge is 0.147 e. The second kappa shape index (κ2) is 4.08. The van der Waals surface area contributed by atoms with Crippen LogP contribution in [0.15, 0.2) is 18.2 Å². The van der Waals surface area contributed by atoms with E-state index in [9.17, 15) is 14.0 Å². The highest BCUT2D eigenvalue weighted by Crippen LogP contribution is 2.20. The molecule has 2 rings (SSSR count). The third-order valence-corrected chi connectivity index (χ3v) is 2.55. The maximum Gasteiger partial charge on any atom is 0.147 e. The number of hydrogen-bond donors (Lipinski definition) is 1. The number of fused-ring (bicyclic) bond motifs is 1. The van der Waals surface area contributed by atoms with Gasteiger partial charge >= 0.3 is 0 Å². The van der Waals surface area contributed by atoms with E-state index in [0.717, 1.165) is 0 Å². The van der Waals surface area contributed by atoms with Gasteiger partial charge in [0, 0.05) is 0 Å². The molecule has 5 heteroatoms. The van der Waals surface area contributed by atoms with Crippen LogP contribution in [0, 0.1) is 5.82 Å². The molecule has 1 aromatic heterocycles. The van der Waals surface area contributed by atoms with Crippen molar-refractivity contribution in [1.82, 2.24) is 9.97 Å². The third-order valence-electron chi connectivity index (χ3n) is 2.55. The lowest BCUT2D eigenvalue weighted by Crippen LogP contribution is -2.18. The molecule has 0 aliphatic rings. The van der Waals surface area contributed by atoms with Gasteiger partial charge in [-0.25, -0.2) is 9.37 Å². The molecule has 0 aliphatic carbocycles. The topological polar surface area (TPSA) is 62.8 Å². The molecular formula is C12H11FN2O2. The minimum Gasteiger partial charge on any atom is -0.341 e. The minimum atomic E-state index is -0.898. The summed E-state index contributed by atoms with van der Waals surface area (Å²) in [7, 11) is 0. The van der Waals surface area contributed by atoms with Gasteiger partial charge in [0.2, 0.25) is 0 Å². The Kier molecular flexibility index (Phi) is 2.75. The Morgan fingerprint density at radius 3 is 2.53 bits per heavy atom. The summed E-state index contributed by atoms with van der Waals surface area (Å²) >= 11 is 0. The molecule has 0 radical (unpaired) electrons. The summed E-state index contributed by atoms with van der Waals surface area (Å²) in [4.78, 5) is 29.7. The number of aromatic amines is 1. The van der Waals surface area contributed by atoms with Crippen molar-refractivity contribution in [3.05, 3.63) is 29.8 Å². The normalized spacial score (nSPS) is 11.1. The number of halogens is 1. The molecule has 0 spiro atoms. The molecule has 88 valence electrons. The van der Waals surface area contributed by atoms with E-state index in [0.29, 0.717) is 11.0 Å². The highest BCUT2D eigenvalue weighted by Gasteiger charge is 2.25. The van der Waals surface area contributed by atoms with Crippen molar-refractivity contribution in [2.24, 2.45) is 0 Å². The van der Waals surface area contributed by atoms with Crippen molar-refractivity contribution in [2.75, 3.05) is 0 Å². The lowest BCUT2D eigenvalue weighted by molar-refractivity contribution is -0.127. The van der Waals surface area contributed by atoms with Gasteiger partial charge < -0.3 is 4.98 Å². The summed E-state index contributed by atoms with van der Waals surface area (Å²) in [5.74, 6) is -1.58. The second-order valence-corrected chi connectivity index (χ2v) is 3.94. The van der Waals surface area contributed by atoms with E-state index in [1.807, 2.05) is 0 Å². The Labute approximate surface area is 96.9 Å². The quantitative estimate of drug-likeness (QED) is 0.826. The molecule has 0 unspecified atom stereocenters. The summed E-state index contributed by atoms with van der Waals surface area (Å²) in [6, 6.07) is 4.06. The number of imidazole rings is 1. The van der Waals surface area contributed by atoms with Crippen LogP contribution >= 0.6 is 0 Å². The van der Waals surface area contributed by atoms with Crippen molar-refractivity contribution in [3.8, 4) is 0 Å². The van der Waals surface area contributed by atoms with Crippen LogP contribution in [0.25, 0.3) is 11.0 Å². The van der Waals surface area contributed by atoms with Crippen molar-refractivity contribution in [2.45, 2.75) is 19.8 Å². The van der Waals surface area contributed by atoms with E-state index in [1.165, 1.54) is 32.0 Å². The molecule has 0 aliphatic heterocycles. The fourth-order valence-corrected chi connectivity index (χ4v) is 1.81. The number of hydrogen-bond acceptors (Lipinski definition) is 3. The molecule has 1 N–H and O–H groups in total. The number of nitrogens with zero attached hydrogens (tertiary/aromatic N) is 1. The van der Waals surface area contributed by atoms with Crippen LogP contribution in [0.4, 0.5) is 4.39 Å². The highest BCUT2D eigenvalue weighted by atomic mass is 19.1. The fourth-order valence-electron chi connectivity index (χ4n) is 1.81. The van der Waals surface area contributed by atoms with Crippen molar-refractivity contribution in [1.29, 1.82) is 0 Å². The lowest BCUT2D eigenvalue weighted by Gasteiger charge is -2.05. The number of rotatable bonds is 3. The summed E-state index contributed by atoms with van der Waals surface area (Å²) in [6.45, 7) is 2.67. The van der Waals surface area contributed by atoms with Gasteiger partial charge in [0.05, 0.1) is 11.0 Å². The van der Waals surface area contributed by atoms with Crippen LogP contribution in [0.5, 0.6) is 0 Å². The van der Waals surface area contributed by atoms with Gasteiger partial charge in [0.15, 0.2) is 0 Å². The molecule has 0 saturated carbocycles. The van der Waals surface area contributed by atoms with Gasteiger partial charge in [-0.05, 0) is 32.0 Å². The Balaban J connectivity index is 2.55. The zero-order chi connectivity index (χ0) is 12.6. The molecule has 17 heavy (non-hydrogen) atoms. The van der Waals surface area contributed by atoms with Crippen molar-refractivity contribution >= 4 is 22.6 Å². The second-order valence-electron chi connectivity index (χ2n) is 3.94. The number of Topliss-reactive ketones (excluding diaryl/α,β-unsaturated/α-hetero) is 2. The molecule has 0 fully saturated rings. The molecule has 2 aromatic rings. The van der Waals surface area contributed by atoms with Gasteiger partial charge in [-0.2, -0.15) is 0 Å². The molecule has 0 atom stereocenters. The van der Waals surface area contributed by atoms with Gasteiger partial charge in [-0.15, -0.1) is 0 Å². The molecule has 0 bridgehead atoms. The Bertz CT molecular complexity index is 590. The summed E-state index contributed by atoms with van der Waals surface area (Å²) in [5, 5.41) is 0. The van der Waals surface area contributed by atoms with Crippen LogP contribution in [0.2, 0.25) is 0 Å². The van der Waals surface area contributed by atoms with E-state index in [2.05, 4.69) is 9.97 Å². The first-order chi connectivity index (χ1) is 7.99. The van der Waals surface area contributed by atoms with Crippen LogP contribution in [-0.4, -0.2) is 21.5 Å². The van der Waals surface area contributed by atoms with Gasteiger partial charge in [0.25, 0.3) is 0 Å². The van der Waals surface area contributed by atoms with Crippen LogP contribution in [0.3, 0.4) is 0 Å². The Morgan fingerprint density at radius 2 is 1.94 bits per heavy atom. The van der Waals surface area contributed by atoms with Crippen LogP contribution in [0.1, 0.15) is 25.6 Å². The Morgan fingerprint density at radius 1 is 1.29 bits per heavy atom. The van der Waals surface area contributed by atoms with Gasteiger partial charge in [0.1, 0.15) is 29.1 Å². The summed E-state index contributed by atoms with van der Waals surface area (Å²) in [5.41, 5.74) is 1.02. The molecule has 1 heterocycles. The molecule has 1 aromatic carbocycles. The standard InChI is InChI=1S/C12H11FN2O2/c1-6(16)11(7(2)17)12-14-9-4-3-8(13)5-10(9)15-12/h3-5,11H,1-2H3,(H,14,15). The molecule has 4 nitrogen and oxygen atoms in total. The Hall–Kier alpha value is -2.04. The first kappa shape index (κ1) is 11.4. The predicted molar refractivity (Wildman–Crippen MR) is 60.2 cm³/mol. The number of carbonyl (C=O) groups is 2. The first-order valence-electron chi connectivity index (χ1n) is 5.15. The summed E-state index contributed by atoms with van der Waals surface area (Å²) in [6.07, 6.45) is 0. The van der Waals surface area contributed by atoms with E-state index in [-0.39, 0.29) is 17.4 Å².